The summed E-state index contributed by atoms with van der Waals surface area (Å²) in [5, 5.41) is 13.1. The van der Waals surface area contributed by atoms with Crippen LogP contribution in [0.1, 0.15) is 77.6 Å². The first-order valence-electron chi connectivity index (χ1n) is 7.76. The molecule has 0 spiro atoms. The van der Waals surface area contributed by atoms with Crippen LogP contribution in [-0.4, -0.2) is 23.8 Å². The minimum Gasteiger partial charge on any atom is -0.392 e. The van der Waals surface area contributed by atoms with Gasteiger partial charge in [-0.2, -0.15) is 0 Å². The lowest BCUT2D eigenvalue weighted by Crippen LogP contribution is -2.36. The third-order valence-corrected chi connectivity index (χ3v) is 3.92. The molecule has 0 amide bonds. The molecule has 1 aliphatic carbocycles. The number of hydrogen-bond acceptors (Lipinski definition) is 2. The molecule has 0 saturated heterocycles. The van der Waals surface area contributed by atoms with E-state index in [4.69, 9.17) is 0 Å². The van der Waals surface area contributed by atoms with Crippen LogP contribution in [0.5, 0.6) is 0 Å². The largest absolute Gasteiger partial charge is 0.392 e. The lowest BCUT2D eigenvalue weighted by atomic mass is 10.1. The fourth-order valence-electron chi connectivity index (χ4n) is 2.72. The van der Waals surface area contributed by atoms with Crippen molar-refractivity contribution >= 4 is 0 Å². The van der Waals surface area contributed by atoms with Crippen LogP contribution in [-0.2, 0) is 0 Å². The molecule has 102 valence electrons. The monoisotopic (exact) mass is 241 g/mol. The van der Waals surface area contributed by atoms with E-state index < -0.39 is 0 Å². The zero-order valence-electron chi connectivity index (χ0n) is 11.6. The number of unbranched alkanes of at least 4 members (excludes halogenated alkanes) is 7. The van der Waals surface area contributed by atoms with Gasteiger partial charge in [0.2, 0.25) is 0 Å². The van der Waals surface area contributed by atoms with Crippen molar-refractivity contribution in [2.45, 2.75) is 89.7 Å². The maximum absolute atomic E-state index is 9.65. The predicted molar refractivity (Wildman–Crippen MR) is 74.3 cm³/mol. The van der Waals surface area contributed by atoms with E-state index in [-0.39, 0.29) is 6.10 Å². The summed E-state index contributed by atoms with van der Waals surface area (Å²) in [7, 11) is 0. The number of rotatable bonds is 10. The van der Waals surface area contributed by atoms with Gasteiger partial charge in [-0.15, -0.1) is 0 Å². The molecular formula is C15H31NO. The highest BCUT2D eigenvalue weighted by molar-refractivity contribution is 4.82. The topological polar surface area (TPSA) is 32.3 Å². The molecule has 0 bridgehead atoms. The summed E-state index contributed by atoms with van der Waals surface area (Å²) >= 11 is 0. The van der Waals surface area contributed by atoms with E-state index in [1.807, 2.05) is 0 Å². The van der Waals surface area contributed by atoms with Crippen LogP contribution in [0.4, 0.5) is 0 Å². The third kappa shape index (κ3) is 7.05. The van der Waals surface area contributed by atoms with Crippen molar-refractivity contribution in [3.05, 3.63) is 0 Å². The number of aliphatic hydroxyl groups excluding tert-OH is 1. The number of aliphatic hydroxyl groups is 1. The fraction of sp³-hybridized carbons (Fsp3) is 1.00. The quantitative estimate of drug-likeness (QED) is 0.572. The van der Waals surface area contributed by atoms with E-state index in [1.165, 1.54) is 57.8 Å². The summed E-state index contributed by atoms with van der Waals surface area (Å²) in [6, 6.07) is 0.388. The van der Waals surface area contributed by atoms with Crippen molar-refractivity contribution in [3.63, 3.8) is 0 Å². The first-order valence-corrected chi connectivity index (χ1v) is 7.76. The van der Waals surface area contributed by atoms with Gasteiger partial charge in [-0.1, -0.05) is 51.9 Å². The molecule has 0 aromatic heterocycles. The van der Waals surface area contributed by atoms with E-state index >= 15 is 0 Å². The summed E-state index contributed by atoms with van der Waals surface area (Å²) < 4.78 is 0. The van der Waals surface area contributed by atoms with Crippen molar-refractivity contribution in [1.29, 1.82) is 0 Å². The van der Waals surface area contributed by atoms with Gasteiger partial charge in [0.1, 0.15) is 0 Å². The van der Waals surface area contributed by atoms with Gasteiger partial charge >= 0.3 is 0 Å². The van der Waals surface area contributed by atoms with Crippen LogP contribution in [0.25, 0.3) is 0 Å². The molecule has 2 heteroatoms. The second-order valence-corrected chi connectivity index (χ2v) is 5.53. The molecule has 1 fully saturated rings. The van der Waals surface area contributed by atoms with E-state index in [1.54, 1.807) is 0 Å². The Bertz CT molecular complexity index is 172. The van der Waals surface area contributed by atoms with Crippen LogP contribution >= 0.6 is 0 Å². The van der Waals surface area contributed by atoms with Crippen LogP contribution < -0.4 is 5.32 Å². The molecule has 2 N–H and O–H groups in total. The summed E-state index contributed by atoms with van der Waals surface area (Å²) in [5.74, 6) is 0. The van der Waals surface area contributed by atoms with Gasteiger partial charge in [0, 0.05) is 6.04 Å². The van der Waals surface area contributed by atoms with Gasteiger partial charge in [0.25, 0.3) is 0 Å². The van der Waals surface area contributed by atoms with E-state index in [9.17, 15) is 5.11 Å². The molecule has 0 heterocycles. The van der Waals surface area contributed by atoms with Crippen molar-refractivity contribution in [3.8, 4) is 0 Å². The lowest BCUT2D eigenvalue weighted by molar-refractivity contribution is 0.149. The standard InChI is InChI=1S/C15H31NO/c1-2-3-4-5-6-7-8-9-13-16-14-11-10-12-15(14)17/h14-17H,2-13H2,1H3/t14-,15-/m1/s1. The van der Waals surface area contributed by atoms with E-state index in [0.717, 1.165) is 19.4 Å². The summed E-state index contributed by atoms with van der Waals surface area (Å²) in [4.78, 5) is 0. The average Bonchev–Trinajstić information content (AvgIpc) is 2.73. The Hall–Kier alpha value is -0.0800. The maximum Gasteiger partial charge on any atom is 0.0693 e. The molecule has 2 atom stereocenters. The minimum atomic E-state index is -0.0796. The van der Waals surface area contributed by atoms with Gasteiger partial charge in [-0.05, 0) is 32.2 Å². The SMILES string of the molecule is CCCCCCCCCCN[C@@H]1CCC[C@H]1O. The van der Waals surface area contributed by atoms with E-state index in [2.05, 4.69) is 12.2 Å². The zero-order valence-corrected chi connectivity index (χ0v) is 11.6. The Balaban J connectivity index is 1.78. The Labute approximate surface area is 107 Å². The van der Waals surface area contributed by atoms with Crippen molar-refractivity contribution in [2.24, 2.45) is 0 Å². The maximum atomic E-state index is 9.65. The summed E-state index contributed by atoms with van der Waals surface area (Å²) in [6.07, 6.45) is 14.3. The highest BCUT2D eigenvalue weighted by Gasteiger charge is 2.23. The van der Waals surface area contributed by atoms with Crippen molar-refractivity contribution < 1.29 is 5.11 Å². The summed E-state index contributed by atoms with van der Waals surface area (Å²) in [5.41, 5.74) is 0. The predicted octanol–water partition coefficient (Wildman–Crippen LogP) is 3.63. The number of nitrogens with one attached hydrogen (secondary N) is 1. The fourth-order valence-corrected chi connectivity index (χ4v) is 2.72. The Morgan fingerprint density at radius 1 is 0.941 bits per heavy atom. The lowest BCUT2D eigenvalue weighted by Gasteiger charge is -2.16. The van der Waals surface area contributed by atoms with Crippen LogP contribution in [0.15, 0.2) is 0 Å². The molecule has 0 aromatic rings. The molecule has 1 aliphatic rings. The number of hydrogen-bond donors (Lipinski definition) is 2. The minimum absolute atomic E-state index is 0.0796. The molecule has 0 unspecified atom stereocenters. The Morgan fingerprint density at radius 2 is 1.59 bits per heavy atom. The normalized spacial score (nSPS) is 24.4. The zero-order chi connectivity index (χ0) is 12.3. The second kappa shape index (κ2) is 9.90. The highest BCUT2D eigenvalue weighted by atomic mass is 16.3. The smallest absolute Gasteiger partial charge is 0.0693 e. The molecule has 0 radical (unpaired) electrons. The average molecular weight is 241 g/mol. The summed E-state index contributed by atoms with van der Waals surface area (Å²) in [6.45, 7) is 3.36. The highest BCUT2D eigenvalue weighted by Crippen LogP contribution is 2.18. The molecule has 2 nitrogen and oxygen atoms in total. The third-order valence-electron chi connectivity index (χ3n) is 3.92. The Kier molecular flexibility index (Phi) is 8.72. The van der Waals surface area contributed by atoms with Crippen molar-refractivity contribution in [2.75, 3.05) is 6.54 Å². The van der Waals surface area contributed by atoms with Gasteiger partial charge in [0.05, 0.1) is 6.10 Å². The molecule has 1 rings (SSSR count). The molecule has 0 aromatic carbocycles. The second-order valence-electron chi connectivity index (χ2n) is 5.53. The van der Waals surface area contributed by atoms with Gasteiger partial charge < -0.3 is 10.4 Å². The van der Waals surface area contributed by atoms with Gasteiger partial charge in [-0.25, -0.2) is 0 Å². The van der Waals surface area contributed by atoms with Crippen LogP contribution in [0.2, 0.25) is 0 Å². The molecule has 1 saturated carbocycles. The van der Waals surface area contributed by atoms with Gasteiger partial charge in [-0.3, -0.25) is 0 Å². The van der Waals surface area contributed by atoms with E-state index in [0.29, 0.717) is 6.04 Å². The molecule has 17 heavy (non-hydrogen) atoms. The van der Waals surface area contributed by atoms with Crippen molar-refractivity contribution in [1.82, 2.24) is 5.32 Å². The van der Waals surface area contributed by atoms with Crippen LogP contribution in [0.3, 0.4) is 0 Å². The first kappa shape index (κ1) is 15.0. The van der Waals surface area contributed by atoms with Crippen LogP contribution in [0, 0.1) is 0 Å². The Morgan fingerprint density at radius 3 is 2.18 bits per heavy atom. The first-order chi connectivity index (χ1) is 8.34. The molecular weight excluding hydrogens is 210 g/mol. The molecule has 0 aliphatic heterocycles. The van der Waals surface area contributed by atoms with Gasteiger partial charge in [0.15, 0.2) is 0 Å².